The first-order valence-electron chi connectivity index (χ1n) is 14.1. The van der Waals surface area contributed by atoms with E-state index in [9.17, 15) is 9.18 Å². The number of esters is 1. The second-order valence-corrected chi connectivity index (χ2v) is 10.7. The summed E-state index contributed by atoms with van der Waals surface area (Å²) in [6, 6.07) is 9.76. The van der Waals surface area contributed by atoms with Crippen LogP contribution in [0.1, 0.15) is 75.1 Å². The van der Waals surface area contributed by atoms with Gasteiger partial charge in [0.1, 0.15) is 24.3 Å². The van der Waals surface area contributed by atoms with Crippen LogP contribution in [0.25, 0.3) is 0 Å². The maximum absolute atomic E-state index is 13.3. The highest BCUT2D eigenvalue weighted by Gasteiger charge is 2.33. The van der Waals surface area contributed by atoms with Crippen LogP contribution in [0.4, 0.5) is 4.39 Å². The molecule has 0 saturated carbocycles. The van der Waals surface area contributed by atoms with Gasteiger partial charge in [0, 0.05) is 6.42 Å². The smallest absolute Gasteiger partial charge is 0.306 e. The van der Waals surface area contributed by atoms with Crippen molar-refractivity contribution in [3.05, 3.63) is 82.4 Å². The summed E-state index contributed by atoms with van der Waals surface area (Å²) in [5.74, 6) is 1.16. The number of hydrogen-bond acceptors (Lipinski definition) is 7. The van der Waals surface area contributed by atoms with E-state index in [0.717, 1.165) is 54.6 Å². The first-order valence-corrected chi connectivity index (χ1v) is 14.5. The third-order valence-corrected chi connectivity index (χ3v) is 7.65. The Hall–Kier alpha value is -3.07. The Bertz CT molecular complexity index is 1230. The first kappa shape index (κ1) is 30.9. The number of benzene rings is 2. The number of halogens is 2. The Balaban J connectivity index is 1.33. The molecule has 2 saturated heterocycles. The van der Waals surface area contributed by atoms with Crippen molar-refractivity contribution < 1.29 is 32.9 Å². The van der Waals surface area contributed by atoms with Crippen LogP contribution in [0.5, 0.6) is 11.5 Å². The molecule has 2 fully saturated rings. The van der Waals surface area contributed by atoms with E-state index in [1.165, 1.54) is 12.1 Å². The van der Waals surface area contributed by atoms with Crippen molar-refractivity contribution in [1.82, 2.24) is 5.32 Å². The van der Waals surface area contributed by atoms with E-state index in [4.69, 9.17) is 35.3 Å². The van der Waals surface area contributed by atoms with Gasteiger partial charge >= 0.3 is 5.97 Å². The molecule has 1 N–H and O–H groups in total. The van der Waals surface area contributed by atoms with Crippen molar-refractivity contribution in [2.45, 2.75) is 76.3 Å². The van der Waals surface area contributed by atoms with Gasteiger partial charge in [-0.1, -0.05) is 43.7 Å². The number of rotatable bonds is 12. The molecular weight excluding hydrogens is 549 g/mol. The predicted octanol–water partition coefficient (Wildman–Crippen LogP) is 7.36. The molecule has 4 unspecified atom stereocenters. The quantitative estimate of drug-likeness (QED) is 0.158. The molecule has 2 aromatic carbocycles. The number of methoxy groups -OCH3 is 2. The molecule has 0 amide bonds. The lowest BCUT2D eigenvalue weighted by atomic mass is 9.95. The molecule has 0 spiro atoms. The van der Waals surface area contributed by atoms with Gasteiger partial charge < -0.3 is 23.7 Å². The van der Waals surface area contributed by atoms with Crippen LogP contribution < -0.4 is 14.8 Å². The third-order valence-electron chi connectivity index (χ3n) is 7.37. The number of allylic oxidation sites excluding steroid dienone is 1. The minimum atomic E-state index is -0.407. The highest BCUT2D eigenvalue weighted by Crippen LogP contribution is 2.41. The van der Waals surface area contributed by atoms with Gasteiger partial charge in [0.05, 0.1) is 37.8 Å². The summed E-state index contributed by atoms with van der Waals surface area (Å²) in [4.78, 5) is 12.7. The average molecular weight is 588 g/mol. The normalized spacial score (nSPS) is 23.3. The van der Waals surface area contributed by atoms with Crippen LogP contribution in [-0.2, 0) is 19.0 Å². The monoisotopic (exact) mass is 587 g/mol. The fourth-order valence-corrected chi connectivity index (χ4v) is 5.36. The molecule has 0 aromatic heterocycles. The molecule has 4 rings (SSSR count). The minimum absolute atomic E-state index is 0.0866. The van der Waals surface area contributed by atoms with Crippen LogP contribution in [0.15, 0.2) is 60.4 Å². The largest absolute Gasteiger partial charge is 0.493 e. The van der Waals surface area contributed by atoms with Crippen LogP contribution in [0, 0.1) is 5.82 Å². The van der Waals surface area contributed by atoms with Gasteiger partial charge in [-0.2, -0.15) is 0 Å². The number of carbonyl (C=O) groups excluding carboxylic acids is 1. The fourth-order valence-electron chi connectivity index (χ4n) is 5.07. The second-order valence-electron chi connectivity index (χ2n) is 10.3. The van der Waals surface area contributed by atoms with E-state index in [-0.39, 0.29) is 43.2 Å². The van der Waals surface area contributed by atoms with E-state index in [1.54, 1.807) is 26.4 Å². The zero-order valence-corrected chi connectivity index (χ0v) is 24.7. The first-order chi connectivity index (χ1) is 19.8. The topological polar surface area (TPSA) is 75.3 Å². The van der Waals surface area contributed by atoms with Gasteiger partial charge in [-0.25, -0.2) is 4.39 Å². The van der Waals surface area contributed by atoms with Gasteiger partial charge in [0.2, 0.25) is 0 Å². The molecule has 0 bridgehead atoms. The Morgan fingerprint density at radius 3 is 2.68 bits per heavy atom. The minimum Gasteiger partial charge on any atom is -0.493 e. The predicted molar refractivity (Wildman–Crippen MR) is 155 cm³/mol. The number of unbranched alkanes of at least 4 members (excludes halogenated alkanes) is 2. The van der Waals surface area contributed by atoms with Crippen molar-refractivity contribution >= 4 is 17.6 Å². The average Bonchev–Trinajstić information content (AvgIpc) is 3.38. The SMILES string of the molecule is C=C1CCC(c2ccc(F)cc2)OC1COC(=O)CCC1NC(c2cc(Cl)c(OC)c(OC)c2)/C(=C/CCCC)O1. The molecule has 2 aliphatic rings. The Labute approximate surface area is 246 Å². The highest BCUT2D eigenvalue weighted by atomic mass is 35.5. The van der Waals surface area contributed by atoms with Crippen molar-refractivity contribution in [3.63, 3.8) is 0 Å². The van der Waals surface area contributed by atoms with E-state index in [0.29, 0.717) is 22.9 Å². The maximum Gasteiger partial charge on any atom is 0.306 e. The lowest BCUT2D eigenvalue weighted by Crippen LogP contribution is -2.30. The molecule has 2 heterocycles. The zero-order chi connectivity index (χ0) is 29.4. The van der Waals surface area contributed by atoms with Crippen molar-refractivity contribution in [2.24, 2.45) is 0 Å². The molecule has 41 heavy (non-hydrogen) atoms. The Morgan fingerprint density at radius 2 is 1.98 bits per heavy atom. The number of nitrogens with one attached hydrogen (secondary N) is 1. The lowest BCUT2D eigenvalue weighted by molar-refractivity contribution is -0.150. The van der Waals surface area contributed by atoms with E-state index >= 15 is 0 Å². The number of hydrogen-bond donors (Lipinski definition) is 1. The molecule has 2 aliphatic heterocycles. The van der Waals surface area contributed by atoms with Crippen molar-refractivity contribution in [3.8, 4) is 11.5 Å². The highest BCUT2D eigenvalue weighted by molar-refractivity contribution is 6.32. The van der Waals surface area contributed by atoms with Crippen molar-refractivity contribution in [1.29, 1.82) is 0 Å². The van der Waals surface area contributed by atoms with E-state index in [2.05, 4.69) is 24.9 Å². The van der Waals surface area contributed by atoms with Gasteiger partial charge in [-0.05, 0) is 72.7 Å². The zero-order valence-electron chi connectivity index (χ0n) is 23.9. The van der Waals surface area contributed by atoms with Crippen LogP contribution in [-0.4, -0.2) is 39.1 Å². The molecule has 9 heteroatoms. The molecule has 4 atom stereocenters. The summed E-state index contributed by atoms with van der Waals surface area (Å²) < 4.78 is 42.1. The summed E-state index contributed by atoms with van der Waals surface area (Å²) in [6.07, 6.45) is 6.19. The molecule has 2 aromatic rings. The van der Waals surface area contributed by atoms with Crippen LogP contribution in [0.2, 0.25) is 5.02 Å². The van der Waals surface area contributed by atoms with Gasteiger partial charge in [0.25, 0.3) is 0 Å². The van der Waals surface area contributed by atoms with Gasteiger partial charge in [-0.3, -0.25) is 10.1 Å². The second kappa shape index (κ2) is 14.7. The van der Waals surface area contributed by atoms with Crippen molar-refractivity contribution in [2.75, 3.05) is 20.8 Å². The van der Waals surface area contributed by atoms with Gasteiger partial charge in [-0.15, -0.1) is 0 Å². The number of carbonyl (C=O) groups is 1. The summed E-state index contributed by atoms with van der Waals surface area (Å²) in [5, 5.41) is 3.92. The summed E-state index contributed by atoms with van der Waals surface area (Å²) in [7, 11) is 3.12. The third kappa shape index (κ3) is 8.03. The molecule has 7 nitrogen and oxygen atoms in total. The van der Waals surface area contributed by atoms with Crippen LogP contribution >= 0.6 is 11.6 Å². The van der Waals surface area contributed by atoms with Crippen LogP contribution in [0.3, 0.4) is 0 Å². The molecule has 0 radical (unpaired) electrons. The molecule has 0 aliphatic carbocycles. The molecule has 222 valence electrons. The maximum atomic E-state index is 13.3. The number of ether oxygens (including phenoxy) is 5. The van der Waals surface area contributed by atoms with E-state index in [1.807, 2.05) is 12.1 Å². The summed E-state index contributed by atoms with van der Waals surface area (Å²) >= 11 is 6.48. The standard InChI is InChI=1S/C32H39ClFNO6/c1-5-6-7-8-26-31(22-17-24(33)32(38-4)27(18-22)37-3)35-29(41-26)15-16-30(36)39-19-28-20(2)9-14-25(40-28)21-10-12-23(34)13-11-21/h8,10-13,17-18,25,28-29,31,35H,2,5-7,9,14-16,19H2,1,3-4H3/b26-8-. The Morgan fingerprint density at radius 1 is 1.20 bits per heavy atom. The van der Waals surface area contributed by atoms with Gasteiger partial charge in [0.15, 0.2) is 17.7 Å². The lowest BCUT2D eigenvalue weighted by Gasteiger charge is -2.32. The fraction of sp³-hybridized carbons (Fsp3) is 0.469. The van der Waals surface area contributed by atoms with E-state index < -0.39 is 6.10 Å². The Kier molecular flexibility index (Phi) is 11.1. The summed E-state index contributed by atoms with van der Waals surface area (Å²) in [6.45, 7) is 6.32. The molecular formula is C32H39ClFNO6. The summed E-state index contributed by atoms with van der Waals surface area (Å²) in [5.41, 5.74) is 2.66.